The Bertz CT molecular complexity index is 2060. The van der Waals surface area contributed by atoms with Gasteiger partial charge in [0, 0.05) is 17.0 Å². The van der Waals surface area contributed by atoms with Gasteiger partial charge >= 0.3 is 0 Å². The van der Waals surface area contributed by atoms with Crippen LogP contribution in [0.5, 0.6) is 0 Å². The molecule has 3 aromatic heterocycles. The minimum absolute atomic E-state index is 0.108. The Kier molecular flexibility index (Phi) is 5.83. The Labute approximate surface area is 240 Å². The van der Waals surface area contributed by atoms with Gasteiger partial charge in [0.05, 0.1) is 22.3 Å². The fourth-order valence-corrected chi connectivity index (χ4v) is 5.99. The van der Waals surface area contributed by atoms with Gasteiger partial charge in [-0.3, -0.25) is 4.57 Å². The Hall–Kier alpha value is -4.70. The van der Waals surface area contributed by atoms with E-state index in [9.17, 15) is 0 Å². The number of rotatable bonds is 4. The van der Waals surface area contributed by atoms with Crippen molar-refractivity contribution in [3.05, 3.63) is 114 Å². The predicted octanol–water partition coefficient (Wildman–Crippen LogP) is 10.1. The third kappa shape index (κ3) is 4.13. The van der Waals surface area contributed by atoms with Crippen LogP contribution in [0.25, 0.3) is 61.3 Å². The van der Waals surface area contributed by atoms with Crippen molar-refractivity contribution in [2.24, 2.45) is 0 Å². The second-order valence-corrected chi connectivity index (χ2v) is 12.1. The predicted molar refractivity (Wildman–Crippen MR) is 170 cm³/mol. The molecule has 3 heterocycles. The van der Waals surface area contributed by atoms with Gasteiger partial charge in [-0.15, -0.1) is 0 Å². The molecule has 202 valence electrons. The molecule has 41 heavy (non-hydrogen) atoms. The van der Waals surface area contributed by atoms with Crippen molar-refractivity contribution in [2.75, 3.05) is 0 Å². The zero-order valence-electron chi connectivity index (χ0n) is 24.1. The van der Waals surface area contributed by atoms with Crippen molar-refractivity contribution in [1.82, 2.24) is 14.5 Å². The van der Waals surface area contributed by atoms with Crippen LogP contribution in [0.2, 0.25) is 0 Å². The van der Waals surface area contributed by atoms with Gasteiger partial charge in [-0.25, -0.2) is 9.97 Å². The smallest absolute Gasteiger partial charge is 0.227 e. The summed E-state index contributed by atoms with van der Waals surface area (Å²) in [6, 6.07) is 34.3. The molecule has 0 radical (unpaired) electrons. The van der Waals surface area contributed by atoms with Gasteiger partial charge in [-0.1, -0.05) is 89.2 Å². The normalized spacial score (nSPS) is 12.2. The molecular formula is C37H33N3O. The molecule has 4 aromatic carbocycles. The van der Waals surface area contributed by atoms with Crippen molar-refractivity contribution in [2.45, 2.75) is 46.0 Å². The number of imidazole rings is 1. The first-order valence-corrected chi connectivity index (χ1v) is 14.3. The van der Waals surface area contributed by atoms with Crippen LogP contribution in [0.15, 0.2) is 108 Å². The van der Waals surface area contributed by atoms with Crippen molar-refractivity contribution in [3.63, 3.8) is 0 Å². The number of furan rings is 1. The molecule has 0 bridgehead atoms. The number of hydrogen-bond donors (Lipinski definition) is 0. The Morgan fingerprint density at radius 1 is 0.780 bits per heavy atom. The second kappa shape index (κ2) is 9.45. The van der Waals surface area contributed by atoms with Crippen LogP contribution in [-0.2, 0) is 5.41 Å². The molecule has 0 fully saturated rings. The first kappa shape index (κ1) is 25.3. The van der Waals surface area contributed by atoms with Crippen LogP contribution < -0.4 is 0 Å². The lowest BCUT2D eigenvalue weighted by atomic mass is 9.83. The highest BCUT2D eigenvalue weighted by Gasteiger charge is 2.26. The van der Waals surface area contributed by atoms with Crippen molar-refractivity contribution < 1.29 is 4.42 Å². The van der Waals surface area contributed by atoms with E-state index in [2.05, 4.69) is 135 Å². The number of benzene rings is 4. The summed E-state index contributed by atoms with van der Waals surface area (Å²) in [5, 5.41) is 2.16. The summed E-state index contributed by atoms with van der Waals surface area (Å²) < 4.78 is 8.84. The molecule has 0 aliphatic carbocycles. The van der Waals surface area contributed by atoms with Crippen LogP contribution in [0, 0.1) is 0 Å². The molecule has 4 nitrogen and oxygen atoms in total. The number of aromatic nitrogens is 3. The summed E-state index contributed by atoms with van der Waals surface area (Å²) in [6.07, 6.45) is 1.79. The molecule has 0 aliphatic rings. The maximum Gasteiger partial charge on any atom is 0.227 e. The monoisotopic (exact) mass is 535 g/mol. The summed E-state index contributed by atoms with van der Waals surface area (Å²) in [6.45, 7) is 11.3. The number of hydrogen-bond acceptors (Lipinski definition) is 3. The van der Waals surface area contributed by atoms with E-state index in [1.54, 1.807) is 6.20 Å². The summed E-state index contributed by atoms with van der Waals surface area (Å²) in [5.41, 5.74) is 10.4. The van der Waals surface area contributed by atoms with E-state index in [1.165, 1.54) is 22.3 Å². The fraction of sp³-hybridized carbons (Fsp3) is 0.189. The fourth-order valence-electron chi connectivity index (χ4n) is 5.99. The van der Waals surface area contributed by atoms with Crippen LogP contribution in [0.1, 0.15) is 51.7 Å². The van der Waals surface area contributed by atoms with Crippen LogP contribution >= 0.6 is 0 Å². The van der Waals surface area contributed by atoms with E-state index in [0.717, 1.165) is 44.5 Å². The van der Waals surface area contributed by atoms with E-state index in [-0.39, 0.29) is 5.41 Å². The summed E-state index contributed by atoms with van der Waals surface area (Å²) in [4.78, 5) is 9.81. The molecule has 0 saturated carbocycles. The van der Waals surface area contributed by atoms with Crippen LogP contribution in [0.3, 0.4) is 0 Å². The van der Waals surface area contributed by atoms with E-state index in [1.807, 2.05) is 6.07 Å². The third-order valence-electron chi connectivity index (χ3n) is 8.01. The minimum Gasteiger partial charge on any atom is -0.437 e. The van der Waals surface area contributed by atoms with Gasteiger partial charge in [0.2, 0.25) is 5.71 Å². The lowest BCUT2D eigenvalue weighted by Crippen LogP contribution is -2.16. The summed E-state index contributed by atoms with van der Waals surface area (Å²) in [5.74, 6) is 1.20. The first-order valence-electron chi connectivity index (χ1n) is 14.3. The van der Waals surface area contributed by atoms with Gasteiger partial charge in [-0.2, -0.15) is 0 Å². The molecule has 0 spiro atoms. The molecule has 0 amide bonds. The Morgan fingerprint density at radius 3 is 2.34 bits per heavy atom. The lowest BCUT2D eigenvalue weighted by molar-refractivity contribution is 0.587. The largest absolute Gasteiger partial charge is 0.437 e. The van der Waals surface area contributed by atoms with Gasteiger partial charge in [0.25, 0.3) is 0 Å². The highest BCUT2D eigenvalue weighted by Crippen LogP contribution is 2.42. The molecule has 7 rings (SSSR count). The first-order chi connectivity index (χ1) is 19.8. The lowest BCUT2D eigenvalue weighted by Gasteiger charge is -2.25. The van der Waals surface area contributed by atoms with Gasteiger partial charge in [-0.05, 0) is 76.1 Å². The second-order valence-electron chi connectivity index (χ2n) is 12.1. The van der Waals surface area contributed by atoms with Crippen molar-refractivity contribution in [3.8, 4) is 28.2 Å². The molecule has 0 atom stereocenters. The maximum atomic E-state index is 6.53. The zero-order valence-corrected chi connectivity index (χ0v) is 24.1. The molecule has 4 heteroatoms. The third-order valence-corrected chi connectivity index (χ3v) is 8.01. The van der Waals surface area contributed by atoms with Crippen LogP contribution in [0.4, 0.5) is 0 Å². The van der Waals surface area contributed by atoms with Crippen molar-refractivity contribution >= 4 is 33.1 Å². The molecule has 0 aliphatic heterocycles. The Morgan fingerprint density at radius 2 is 1.56 bits per heavy atom. The van der Waals surface area contributed by atoms with E-state index < -0.39 is 0 Å². The molecule has 0 saturated heterocycles. The molecule has 0 unspecified atom stereocenters. The molecule has 7 aromatic rings. The number of nitrogens with zero attached hydrogens (tertiary/aromatic N) is 3. The van der Waals surface area contributed by atoms with E-state index in [4.69, 9.17) is 9.40 Å². The van der Waals surface area contributed by atoms with Crippen LogP contribution in [-0.4, -0.2) is 14.5 Å². The molecule has 0 N–H and O–H groups in total. The van der Waals surface area contributed by atoms with Crippen molar-refractivity contribution in [1.29, 1.82) is 0 Å². The van der Waals surface area contributed by atoms with Gasteiger partial charge < -0.3 is 4.42 Å². The highest BCUT2D eigenvalue weighted by atomic mass is 16.3. The minimum atomic E-state index is -0.108. The zero-order chi connectivity index (χ0) is 28.3. The topological polar surface area (TPSA) is 43.9 Å². The maximum absolute atomic E-state index is 6.53. The average molecular weight is 536 g/mol. The summed E-state index contributed by atoms with van der Waals surface area (Å²) >= 11 is 0. The highest BCUT2D eigenvalue weighted by molar-refractivity contribution is 6.10. The average Bonchev–Trinajstić information content (AvgIpc) is 3.55. The van der Waals surface area contributed by atoms with Gasteiger partial charge in [0.1, 0.15) is 11.4 Å². The number of pyridine rings is 1. The quantitative estimate of drug-likeness (QED) is 0.225. The van der Waals surface area contributed by atoms with Gasteiger partial charge in [0.15, 0.2) is 0 Å². The number of para-hydroxylation sites is 2. The SMILES string of the molecule is CC(C)c1ccc(-c2nc3ccccc3n2-c2ccc(-c3ccccc3)cc2C(C)(C)C)c2oc3ncccc3c12. The van der Waals surface area contributed by atoms with E-state index >= 15 is 0 Å². The molecular weight excluding hydrogens is 502 g/mol. The van der Waals surface area contributed by atoms with E-state index in [0.29, 0.717) is 11.6 Å². The summed E-state index contributed by atoms with van der Waals surface area (Å²) in [7, 11) is 0. The number of fused-ring (bicyclic) bond motifs is 4. The Balaban J connectivity index is 1.56. The standard InChI is InChI=1S/C37H33N3O/c1-23(2)26-18-19-28(34-33(26)27-14-11-21-38-36(27)41-34)35-39-30-15-9-10-16-32(30)40(35)31-20-17-25(22-29(31)37(3,4)5)24-12-7-6-8-13-24/h6-23H,1-5H3.